The van der Waals surface area contributed by atoms with E-state index in [-0.39, 0.29) is 0 Å². The van der Waals surface area contributed by atoms with Gasteiger partial charge in [0.25, 0.3) is 0 Å². The molecule has 0 amide bonds. The number of nitrogens with two attached hydrogens (primary N) is 1. The second-order valence-corrected chi connectivity index (χ2v) is 4.92. The molecular formula is C15H24N4O. The van der Waals surface area contributed by atoms with Crippen molar-refractivity contribution >= 4 is 11.6 Å². The largest absolute Gasteiger partial charge is 0.379 e. The third-order valence-corrected chi connectivity index (χ3v) is 3.31. The SMILES string of the molecule is NC(=NCCCCN1CCOCC1)Nc1ccccc1. The summed E-state index contributed by atoms with van der Waals surface area (Å²) in [5.74, 6) is 0.488. The van der Waals surface area contributed by atoms with Gasteiger partial charge in [0, 0.05) is 25.3 Å². The van der Waals surface area contributed by atoms with Gasteiger partial charge in [-0.3, -0.25) is 9.89 Å². The van der Waals surface area contributed by atoms with Crippen molar-refractivity contribution in [3.63, 3.8) is 0 Å². The van der Waals surface area contributed by atoms with Crippen molar-refractivity contribution in [3.05, 3.63) is 30.3 Å². The van der Waals surface area contributed by atoms with Crippen LogP contribution in [-0.4, -0.2) is 50.3 Å². The predicted octanol–water partition coefficient (Wildman–Crippen LogP) is 1.53. The van der Waals surface area contributed by atoms with Crippen LogP contribution in [0.1, 0.15) is 12.8 Å². The number of nitrogens with zero attached hydrogens (tertiary/aromatic N) is 2. The Bertz CT molecular complexity index is 402. The van der Waals surface area contributed by atoms with Crippen molar-refractivity contribution in [3.8, 4) is 0 Å². The van der Waals surface area contributed by atoms with E-state index in [0.29, 0.717) is 5.96 Å². The van der Waals surface area contributed by atoms with Crippen molar-refractivity contribution in [1.82, 2.24) is 4.90 Å². The van der Waals surface area contributed by atoms with Crippen LogP contribution in [0.5, 0.6) is 0 Å². The van der Waals surface area contributed by atoms with Gasteiger partial charge < -0.3 is 15.8 Å². The molecule has 1 aliphatic heterocycles. The van der Waals surface area contributed by atoms with Crippen LogP contribution >= 0.6 is 0 Å². The van der Waals surface area contributed by atoms with E-state index < -0.39 is 0 Å². The first-order valence-corrected chi connectivity index (χ1v) is 7.27. The Balaban J connectivity index is 1.58. The number of para-hydroxylation sites is 1. The normalized spacial score (nSPS) is 17.1. The van der Waals surface area contributed by atoms with Crippen LogP contribution in [0, 0.1) is 0 Å². The van der Waals surface area contributed by atoms with E-state index >= 15 is 0 Å². The standard InChI is InChI=1S/C15H24N4O/c16-15(18-14-6-2-1-3-7-14)17-8-4-5-9-19-10-12-20-13-11-19/h1-3,6-7H,4-5,8-13H2,(H3,16,17,18). The number of aliphatic imine (C=N–C) groups is 1. The van der Waals surface area contributed by atoms with Gasteiger partial charge in [0.05, 0.1) is 13.2 Å². The maximum atomic E-state index is 5.84. The summed E-state index contributed by atoms with van der Waals surface area (Å²) in [6, 6.07) is 9.86. The molecule has 0 aliphatic carbocycles. The highest BCUT2D eigenvalue weighted by molar-refractivity contribution is 5.92. The summed E-state index contributed by atoms with van der Waals surface area (Å²) in [6.45, 7) is 5.75. The Morgan fingerprint density at radius 1 is 1.20 bits per heavy atom. The van der Waals surface area contributed by atoms with Crippen molar-refractivity contribution in [2.24, 2.45) is 10.7 Å². The lowest BCUT2D eigenvalue weighted by Gasteiger charge is -2.26. The first kappa shape index (κ1) is 14.8. The maximum absolute atomic E-state index is 5.84. The molecule has 1 aromatic carbocycles. The highest BCUT2D eigenvalue weighted by Crippen LogP contribution is 2.04. The van der Waals surface area contributed by atoms with E-state index in [1.165, 1.54) is 0 Å². The number of guanidine groups is 1. The minimum absolute atomic E-state index is 0.488. The summed E-state index contributed by atoms with van der Waals surface area (Å²) < 4.78 is 5.33. The molecule has 1 saturated heterocycles. The molecule has 0 saturated carbocycles. The fourth-order valence-electron chi connectivity index (χ4n) is 2.18. The summed E-state index contributed by atoms with van der Waals surface area (Å²) in [4.78, 5) is 6.79. The number of hydrogen-bond acceptors (Lipinski definition) is 3. The summed E-state index contributed by atoms with van der Waals surface area (Å²) in [5.41, 5.74) is 6.82. The Labute approximate surface area is 120 Å². The molecular weight excluding hydrogens is 252 g/mol. The third-order valence-electron chi connectivity index (χ3n) is 3.31. The van der Waals surface area contributed by atoms with E-state index in [4.69, 9.17) is 10.5 Å². The fraction of sp³-hybridized carbons (Fsp3) is 0.533. The Morgan fingerprint density at radius 3 is 2.70 bits per heavy atom. The topological polar surface area (TPSA) is 62.9 Å². The molecule has 2 rings (SSSR count). The predicted molar refractivity (Wildman–Crippen MR) is 83.0 cm³/mol. The van der Waals surface area contributed by atoms with Crippen molar-refractivity contribution in [1.29, 1.82) is 0 Å². The van der Waals surface area contributed by atoms with Crippen molar-refractivity contribution < 1.29 is 4.74 Å². The van der Waals surface area contributed by atoms with Gasteiger partial charge in [-0.05, 0) is 31.5 Å². The number of rotatable bonds is 6. The van der Waals surface area contributed by atoms with Crippen LogP contribution in [0.25, 0.3) is 0 Å². The molecule has 1 heterocycles. The molecule has 5 nitrogen and oxygen atoms in total. The van der Waals surface area contributed by atoms with Crippen LogP contribution in [0.4, 0.5) is 5.69 Å². The van der Waals surface area contributed by atoms with Crippen molar-refractivity contribution in [2.45, 2.75) is 12.8 Å². The van der Waals surface area contributed by atoms with E-state index in [1.807, 2.05) is 30.3 Å². The number of hydrogen-bond donors (Lipinski definition) is 2. The molecule has 1 fully saturated rings. The zero-order chi connectivity index (χ0) is 14.0. The lowest BCUT2D eigenvalue weighted by molar-refractivity contribution is 0.0373. The third kappa shape index (κ3) is 5.59. The van der Waals surface area contributed by atoms with E-state index in [9.17, 15) is 0 Å². The number of ether oxygens (including phenoxy) is 1. The lowest BCUT2D eigenvalue weighted by Crippen LogP contribution is -2.36. The van der Waals surface area contributed by atoms with E-state index in [1.54, 1.807) is 0 Å². The number of nitrogens with one attached hydrogen (secondary N) is 1. The highest BCUT2D eigenvalue weighted by atomic mass is 16.5. The van der Waals surface area contributed by atoms with Crippen LogP contribution in [0.2, 0.25) is 0 Å². The number of morpholine rings is 1. The highest BCUT2D eigenvalue weighted by Gasteiger charge is 2.08. The zero-order valence-electron chi connectivity index (χ0n) is 11.9. The molecule has 1 aliphatic rings. The van der Waals surface area contributed by atoms with Gasteiger partial charge in [-0.25, -0.2) is 0 Å². The van der Waals surface area contributed by atoms with Gasteiger partial charge >= 0.3 is 0 Å². The molecule has 0 spiro atoms. The smallest absolute Gasteiger partial charge is 0.193 e. The Kier molecular flexibility index (Phi) is 6.34. The van der Waals surface area contributed by atoms with Crippen LogP contribution in [0.3, 0.4) is 0 Å². The molecule has 20 heavy (non-hydrogen) atoms. The Morgan fingerprint density at radius 2 is 1.95 bits per heavy atom. The van der Waals surface area contributed by atoms with Crippen LogP contribution in [-0.2, 0) is 4.74 Å². The number of benzene rings is 1. The summed E-state index contributed by atoms with van der Waals surface area (Å²) in [5, 5.41) is 3.08. The van der Waals surface area contributed by atoms with Crippen LogP contribution in [0.15, 0.2) is 35.3 Å². The summed E-state index contributed by atoms with van der Waals surface area (Å²) in [7, 11) is 0. The van der Waals surface area contributed by atoms with Gasteiger partial charge in [0.15, 0.2) is 5.96 Å². The average Bonchev–Trinajstić information content (AvgIpc) is 2.49. The first-order valence-electron chi connectivity index (χ1n) is 7.27. The molecule has 110 valence electrons. The van der Waals surface area contributed by atoms with Crippen LogP contribution < -0.4 is 11.1 Å². The molecule has 0 bridgehead atoms. The van der Waals surface area contributed by atoms with Crippen molar-refractivity contribution in [2.75, 3.05) is 44.7 Å². The average molecular weight is 276 g/mol. The minimum Gasteiger partial charge on any atom is -0.379 e. The first-order chi connectivity index (χ1) is 9.84. The minimum atomic E-state index is 0.488. The summed E-state index contributed by atoms with van der Waals surface area (Å²) >= 11 is 0. The monoisotopic (exact) mass is 276 g/mol. The zero-order valence-corrected chi connectivity index (χ0v) is 11.9. The molecule has 0 aromatic heterocycles. The lowest BCUT2D eigenvalue weighted by atomic mass is 10.3. The van der Waals surface area contributed by atoms with E-state index in [0.717, 1.165) is 57.9 Å². The molecule has 0 radical (unpaired) electrons. The Hall–Kier alpha value is -1.59. The molecule has 0 unspecified atom stereocenters. The van der Waals surface area contributed by atoms with Gasteiger partial charge in [-0.2, -0.15) is 0 Å². The number of unbranched alkanes of at least 4 members (excludes halogenated alkanes) is 1. The van der Waals surface area contributed by atoms with Gasteiger partial charge in [0.2, 0.25) is 0 Å². The van der Waals surface area contributed by atoms with Gasteiger partial charge in [-0.15, -0.1) is 0 Å². The molecule has 0 atom stereocenters. The molecule has 5 heteroatoms. The van der Waals surface area contributed by atoms with Gasteiger partial charge in [-0.1, -0.05) is 18.2 Å². The van der Waals surface area contributed by atoms with Gasteiger partial charge in [0.1, 0.15) is 0 Å². The maximum Gasteiger partial charge on any atom is 0.193 e. The molecule has 3 N–H and O–H groups in total. The number of anilines is 1. The van der Waals surface area contributed by atoms with E-state index in [2.05, 4.69) is 15.2 Å². The molecule has 1 aromatic rings. The second-order valence-electron chi connectivity index (χ2n) is 4.92. The summed E-state index contributed by atoms with van der Waals surface area (Å²) in [6.07, 6.45) is 2.22. The second kappa shape index (κ2) is 8.55. The quantitative estimate of drug-likeness (QED) is 0.470. The fourth-order valence-corrected chi connectivity index (χ4v) is 2.18.